The number of nitrogens with zero attached hydrogens (tertiary/aromatic N) is 3. The van der Waals surface area contributed by atoms with E-state index >= 15 is 0 Å². The van der Waals surface area contributed by atoms with E-state index in [0.717, 1.165) is 31.6 Å². The summed E-state index contributed by atoms with van der Waals surface area (Å²) in [5.41, 5.74) is 8.40. The zero-order chi connectivity index (χ0) is 20.5. The number of methoxy groups -OCH3 is 1. The summed E-state index contributed by atoms with van der Waals surface area (Å²) in [5, 5.41) is 10.8. The molecule has 0 amide bonds. The zero-order valence-electron chi connectivity index (χ0n) is 16.4. The van der Waals surface area contributed by atoms with Gasteiger partial charge in [0.2, 0.25) is 0 Å². The molecule has 1 aliphatic rings. The van der Waals surface area contributed by atoms with Crippen molar-refractivity contribution in [1.82, 2.24) is 9.97 Å². The molecule has 2 aromatic rings. The van der Waals surface area contributed by atoms with Crippen molar-refractivity contribution >= 4 is 29.0 Å². The molecule has 152 valence electrons. The van der Waals surface area contributed by atoms with Crippen LogP contribution in [0.5, 0.6) is 0 Å². The van der Waals surface area contributed by atoms with Gasteiger partial charge < -0.3 is 20.5 Å². The normalized spacial score (nSPS) is 17.6. The van der Waals surface area contributed by atoms with Crippen LogP contribution in [0.2, 0.25) is 10.0 Å². The van der Waals surface area contributed by atoms with Crippen molar-refractivity contribution in [3.63, 3.8) is 0 Å². The number of benzene rings is 1. The highest BCUT2D eigenvalue weighted by Gasteiger charge is 2.38. The number of aliphatic hydroxyl groups excluding tert-OH is 1. The van der Waals surface area contributed by atoms with Crippen molar-refractivity contribution in [3.05, 3.63) is 39.6 Å². The third-order valence-electron chi connectivity index (χ3n) is 5.62. The molecule has 0 spiro atoms. The lowest BCUT2D eigenvalue weighted by molar-refractivity contribution is -0.0452. The van der Waals surface area contributed by atoms with Gasteiger partial charge in [-0.15, -0.1) is 0 Å². The summed E-state index contributed by atoms with van der Waals surface area (Å²) in [6, 6.07) is 5.34. The highest BCUT2D eigenvalue weighted by atomic mass is 35.5. The molecule has 28 heavy (non-hydrogen) atoms. The van der Waals surface area contributed by atoms with Gasteiger partial charge in [0.25, 0.3) is 0 Å². The molecule has 6 nitrogen and oxygen atoms in total. The van der Waals surface area contributed by atoms with Crippen molar-refractivity contribution in [1.29, 1.82) is 0 Å². The Bertz CT molecular complexity index is 852. The van der Waals surface area contributed by atoms with E-state index in [1.807, 2.05) is 26.0 Å². The van der Waals surface area contributed by atoms with E-state index < -0.39 is 0 Å². The molecule has 8 heteroatoms. The van der Waals surface area contributed by atoms with Crippen LogP contribution in [0.15, 0.2) is 18.2 Å². The maximum absolute atomic E-state index is 9.94. The molecule has 1 aromatic heterocycles. The number of ether oxygens (including phenoxy) is 1. The van der Waals surface area contributed by atoms with E-state index in [1.165, 1.54) is 0 Å². The van der Waals surface area contributed by atoms with Gasteiger partial charge in [0.15, 0.2) is 5.82 Å². The molecule has 0 saturated carbocycles. The molecule has 0 bridgehead atoms. The van der Waals surface area contributed by atoms with Crippen LogP contribution in [0.4, 0.5) is 5.82 Å². The lowest BCUT2D eigenvalue weighted by Crippen LogP contribution is -2.55. The molecular formula is C20H26Cl2N4O2. The van der Waals surface area contributed by atoms with Crippen molar-refractivity contribution in [2.45, 2.75) is 44.9 Å². The van der Waals surface area contributed by atoms with Gasteiger partial charge in [-0.05, 0) is 32.8 Å². The van der Waals surface area contributed by atoms with Crippen LogP contribution < -0.4 is 10.6 Å². The van der Waals surface area contributed by atoms with E-state index in [0.29, 0.717) is 32.8 Å². The molecule has 1 saturated heterocycles. The summed E-state index contributed by atoms with van der Waals surface area (Å²) in [6.07, 6.45) is 1.57. The second-order valence-electron chi connectivity index (χ2n) is 7.23. The van der Waals surface area contributed by atoms with Gasteiger partial charge in [-0.3, -0.25) is 0 Å². The Balaban J connectivity index is 1.94. The van der Waals surface area contributed by atoms with Gasteiger partial charge in [-0.2, -0.15) is 0 Å². The van der Waals surface area contributed by atoms with Crippen LogP contribution in [-0.2, 0) is 11.3 Å². The second kappa shape index (κ2) is 8.51. The summed E-state index contributed by atoms with van der Waals surface area (Å²) >= 11 is 12.5. The third-order valence-corrected chi connectivity index (χ3v) is 6.44. The maximum Gasteiger partial charge on any atom is 0.153 e. The van der Waals surface area contributed by atoms with E-state index in [4.69, 9.17) is 38.7 Å². The Morgan fingerprint density at radius 3 is 2.54 bits per heavy atom. The highest BCUT2D eigenvalue weighted by Crippen LogP contribution is 2.36. The fourth-order valence-corrected chi connectivity index (χ4v) is 4.18. The second-order valence-corrected chi connectivity index (χ2v) is 8.02. The minimum atomic E-state index is -0.327. The molecule has 1 aliphatic heterocycles. The molecular weight excluding hydrogens is 399 g/mol. The number of aromatic nitrogens is 2. The van der Waals surface area contributed by atoms with Crippen molar-refractivity contribution in [2.75, 3.05) is 25.1 Å². The van der Waals surface area contributed by atoms with E-state index in [-0.39, 0.29) is 18.2 Å². The molecule has 3 rings (SSSR count). The summed E-state index contributed by atoms with van der Waals surface area (Å²) in [7, 11) is 1.71. The summed E-state index contributed by atoms with van der Waals surface area (Å²) in [5.74, 6) is 0.691. The van der Waals surface area contributed by atoms with Crippen molar-refractivity contribution in [3.8, 4) is 11.3 Å². The largest absolute Gasteiger partial charge is 0.390 e. The molecule has 0 aliphatic carbocycles. The first kappa shape index (κ1) is 21.3. The molecule has 0 radical (unpaired) electrons. The van der Waals surface area contributed by atoms with Gasteiger partial charge in [-0.1, -0.05) is 35.3 Å². The Morgan fingerprint density at radius 2 is 1.96 bits per heavy atom. The monoisotopic (exact) mass is 424 g/mol. The van der Waals surface area contributed by atoms with Gasteiger partial charge >= 0.3 is 0 Å². The minimum absolute atomic E-state index is 0.0582. The van der Waals surface area contributed by atoms with Crippen LogP contribution >= 0.6 is 23.2 Å². The van der Waals surface area contributed by atoms with Crippen LogP contribution in [0.1, 0.15) is 31.2 Å². The van der Waals surface area contributed by atoms with Gasteiger partial charge in [-0.25, -0.2) is 9.97 Å². The average Bonchev–Trinajstić information content (AvgIpc) is 2.70. The predicted octanol–water partition coefficient (Wildman–Crippen LogP) is 3.58. The van der Waals surface area contributed by atoms with Gasteiger partial charge in [0, 0.05) is 31.8 Å². The Morgan fingerprint density at radius 1 is 1.29 bits per heavy atom. The number of rotatable bonds is 5. The summed E-state index contributed by atoms with van der Waals surface area (Å²) in [6.45, 7) is 5.11. The van der Waals surface area contributed by atoms with Crippen molar-refractivity contribution < 1.29 is 9.84 Å². The van der Waals surface area contributed by atoms with E-state index in [1.54, 1.807) is 13.2 Å². The smallest absolute Gasteiger partial charge is 0.153 e. The lowest BCUT2D eigenvalue weighted by Gasteiger charge is -2.43. The SMILES string of the molecule is COC1(C(C)N)CCN(c2nc(C)c(-c3cccc(Cl)c3Cl)nc2CO)CC1. The first-order valence-electron chi connectivity index (χ1n) is 9.31. The molecule has 2 heterocycles. The van der Waals surface area contributed by atoms with Gasteiger partial charge in [0.1, 0.15) is 5.69 Å². The fourth-order valence-electron chi connectivity index (χ4n) is 3.79. The van der Waals surface area contributed by atoms with Crippen LogP contribution in [-0.4, -0.2) is 46.9 Å². The number of anilines is 1. The first-order chi connectivity index (χ1) is 13.3. The Kier molecular flexibility index (Phi) is 6.47. The number of hydrogen-bond acceptors (Lipinski definition) is 6. The molecule has 1 atom stereocenters. The molecule has 1 unspecified atom stereocenters. The zero-order valence-corrected chi connectivity index (χ0v) is 17.9. The topological polar surface area (TPSA) is 84.5 Å². The first-order valence-corrected chi connectivity index (χ1v) is 10.1. The number of aliphatic hydroxyl groups is 1. The fraction of sp³-hybridized carbons (Fsp3) is 0.500. The summed E-state index contributed by atoms with van der Waals surface area (Å²) < 4.78 is 5.74. The molecule has 1 fully saturated rings. The molecule has 1 aromatic carbocycles. The molecule has 3 N–H and O–H groups in total. The van der Waals surface area contributed by atoms with Gasteiger partial charge in [0.05, 0.1) is 33.6 Å². The predicted molar refractivity (Wildman–Crippen MR) is 113 cm³/mol. The number of aryl methyl sites for hydroxylation is 1. The number of halogens is 2. The number of hydrogen-bond donors (Lipinski definition) is 2. The van der Waals surface area contributed by atoms with Crippen molar-refractivity contribution in [2.24, 2.45) is 5.73 Å². The average molecular weight is 425 g/mol. The highest BCUT2D eigenvalue weighted by molar-refractivity contribution is 6.43. The van der Waals surface area contributed by atoms with Crippen LogP contribution in [0, 0.1) is 6.92 Å². The lowest BCUT2D eigenvalue weighted by atomic mass is 9.85. The maximum atomic E-state index is 9.94. The van der Waals surface area contributed by atoms with E-state index in [2.05, 4.69) is 9.88 Å². The number of piperidine rings is 1. The standard InChI is InChI=1S/C20H26Cl2N4O2/c1-12-18(14-5-4-6-15(21)17(14)22)25-16(11-27)19(24-12)26-9-7-20(28-3,8-10-26)13(2)23/h4-6,13,27H,7-11,23H2,1-3H3. The van der Waals surface area contributed by atoms with Crippen LogP contribution in [0.25, 0.3) is 11.3 Å². The number of nitrogens with two attached hydrogens (primary N) is 1. The third kappa shape index (κ3) is 3.84. The summed E-state index contributed by atoms with van der Waals surface area (Å²) in [4.78, 5) is 11.6. The van der Waals surface area contributed by atoms with Crippen LogP contribution in [0.3, 0.4) is 0 Å². The Labute approximate surface area is 175 Å². The van der Waals surface area contributed by atoms with E-state index in [9.17, 15) is 5.11 Å². The minimum Gasteiger partial charge on any atom is -0.390 e. The Hall–Kier alpha value is -1.44. The quantitative estimate of drug-likeness (QED) is 0.762.